The first-order valence-corrected chi connectivity index (χ1v) is 9.10. The van der Waals surface area contributed by atoms with E-state index >= 15 is 0 Å². The fourth-order valence-electron chi connectivity index (χ4n) is 4.62. The number of fused-ring (bicyclic) bond motifs is 3. The lowest BCUT2D eigenvalue weighted by molar-refractivity contribution is 0.240. The number of rotatable bonds is 3. The van der Waals surface area contributed by atoms with Crippen LogP contribution >= 0.6 is 11.6 Å². The van der Waals surface area contributed by atoms with Gasteiger partial charge in [-0.2, -0.15) is 0 Å². The molecule has 126 valence electrons. The second-order valence-electron chi connectivity index (χ2n) is 7.51. The maximum absolute atomic E-state index is 6.59. The molecule has 1 unspecified atom stereocenters. The Kier molecular flexibility index (Phi) is 4.06. The van der Waals surface area contributed by atoms with Crippen LogP contribution in [0.15, 0.2) is 42.5 Å². The standard InChI is InChI=1S/C21H24ClNO/c1-21-11-10-17-16(8-9-19(24-2)20(17)22)18(21)13-23(14-21)12-15-6-4-3-5-7-15/h3-9,18H,10-14H2,1-2H3/t18?,21-/m0/s1. The number of hydrogen-bond donors (Lipinski definition) is 0. The highest BCUT2D eigenvalue weighted by atomic mass is 35.5. The Balaban J connectivity index is 1.62. The minimum atomic E-state index is 0.347. The summed E-state index contributed by atoms with van der Waals surface area (Å²) in [5.41, 5.74) is 4.48. The maximum atomic E-state index is 6.59. The summed E-state index contributed by atoms with van der Waals surface area (Å²) < 4.78 is 5.41. The minimum Gasteiger partial charge on any atom is -0.495 e. The van der Waals surface area contributed by atoms with Crippen molar-refractivity contribution in [1.82, 2.24) is 4.90 Å². The van der Waals surface area contributed by atoms with Gasteiger partial charge in [-0.15, -0.1) is 0 Å². The highest BCUT2D eigenvalue weighted by molar-refractivity contribution is 6.33. The van der Waals surface area contributed by atoms with E-state index in [0.29, 0.717) is 11.3 Å². The van der Waals surface area contributed by atoms with Crippen molar-refractivity contribution in [2.24, 2.45) is 5.41 Å². The van der Waals surface area contributed by atoms with Crippen molar-refractivity contribution < 1.29 is 4.74 Å². The van der Waals surface area contributed by atoms with Gasteiger partial charge in [-0.3, -0.25) is 4.90 Å². The zero-order valence-electron chi connectivity index (χ0n) is 14.4. The van der Waals surface area contributed by atoms with Gasteiger partial charge < -0.3 is 4.74 Å². The second-order valence-corrected chi connectivity index (χ2v) is 7.89. The Morgan fingerprint density at radius 3 is 2.75 bits per heavy atom. The number of benzene rings is 2. The van der Waals surface area contributed by atoms with Gasteiger partial charge in [0.05, 0.1) is 12.1 Å². The fraction of sp³-hybridized carbons (Fsp3) is 0.429. The van der Waals surface area contributed by atoms with Crippen LogP contribution in [0.4, 0.5) is 0 Å². The molecule has 2 aliphatic rings. The molecule has 3 heteroatoms. The average molecular weight is 342 g/mol. The van der Waals surface area contributed by atoms with Crippen LogP contribution in [-0.4, -0.2) is 25.1 Å². The van der Waals surface area contributed by atoms with E-state index in [2.05, 4.69) is 48.2 Å². The van der Waals surface area contributed by atoms with Gasteiger partial charge in [-0.1, -0.05) is 54.9 Å². The highest BCUT2D eigenvalue weighted by Gasteiger charge is 2.46. The Labute approximate surface area is 149 Å². The van der Waals surface area contributed by atoms with E-state index in [-0.39, 0.29) is 0 Å². The molecule has 2 atom stereocenters. The minimum absolute atomic E-state index is 0.347. The third-order valence-corrected chi connectivity index (χ3v) is 6.32. The van der Waals surface area contributed by atoms with Gasteiger partial charge in [0.25, 0.3) is 0 Å². The van der Waals surface area contributed by atoms with E-state index in [4.69, 9.17) is 16.3 Å². The molecule has 1 heterocycles. The SMILES string of the molecule is COc1ccc2c(c1Cl)CC[C@@]1(C)CN(Cc3ccccc3)CC21. The lowest BCUT2D eigenvalue weighted by atomic mass is 9.67. The third kappa shape index (κ3) is 2.62. The van der Waals surface area contributed by atoms with Crippen molar-refractivity contribution >= 4 is 11.6 Å². The van der Waals surface area contributed by atoms with Crippen molar-refractivity contribution in [2.75, 3.05) is 20.2 Å². The molecule has 1 aliphatic heterocycles. The van der Waals surface area contributed by atoms with E-state index in [9.17, 15) is 0 Å². The van der Waals surface area contributed by atoms with Crippen LogP contribution in [0.2, 0.25) is 5.02 Å². The number of halogens is 1. The summed E-state index contributed by atoms with van der Waals surface area (Å²) in [7, 11) is 1.69. The Hall–Kier alpha value is -1.51. The van der Waals surface area contributed by atoms with E-state index in [1.54, 1.807) is 7.11 Å². The van der Waals surface area contributed by atoms with Crippen LogP contribution in [0.1, 0.15) is 36.0 Å². The zero-order valence-corrected chi connectivity index (χ0v) is 15.1. The molecule has 0 N–H and O–H groups in total. The molecule has 0 aromatic heterocycles. The lowest BCUT2D eigenvalue weighted by Gasteiger charge is -2.37. The third-order valence-electron chi connectivity index (χ3n) is 5.90. The van der Waals surface area contributed by atoms with Crippen molar-refractivity contribution in [3.63, 3.8) is 0 Å². The first-order valence-electron chi connectivity index (χ1n) is 8.72. The molecule has 1 saturated heterocycles. The molecule has 4 rings (SSSR count). The summed E-state index contributed by atoms with van der Waals surface area (Å²) in [5.74, 6) is 1.37. The molecule has 0 saturated carbocycles. The second kappa shape index (κ2) is 6.09. The maximum Gasteiger partial charge on any atom is 0.137 e. The van der Waals surface area contributed by atoms with E-state index < -0.39 is 0 Å². The van der Waals surface area contributed by atoms with Gasteiger partial charge in [0, 0.05) is 25.6 Å². The van der Waals surface area contributed by atoms with Crippen molar-refractivity contribution in [2.45, 2.75) is 32.2 Å². The normalized spacial score (nSPS) is 26.0. The topological polar surface area (TPSA) is 12.5 Å². The number of likely N-dealkylation sites (tertiary alicyclic amines) is 1. The van der Waals surface area contributed by atoms with Crippen LogP contribution in [-0.2, 0) is 13.0 Å². The van der Waals surface area contributed by atoms with Gasteiger partial charge in [-0.05, 0) is 41.0 Å². The first-order chi connectivity index (χ1) is 11.6. The molecule has 2 nitrogen and oxygen atoms in total. The molecule has 0 spiro atoms. The summed E-state index contributed by atoms with van der Waals surface area (Å²) in [4.78, 5) is 2.60. The van der Waals surface area contributed by atoms with Gasteiger partial charge in [0.1, 0.15) is 5.75 Å². The van der Waals surface area contributed by atoms with Gasteiger partial charge in [0.15, 0.2) is 0 Å². The molecule has 1 aliphatic carbocycles. The predicted molar refractivity (Wildman–Crippen MR) is 98.9 cm³/mol. The van der Waals surface area contributed by atoms with Crippen LogP contribution in [0.3, 0.4) is 0 Å². The Bertz CT molecular complexity index is 745. The van der Waals surface area contributed by atoms with E-state index in [0.717, 1.165) is 36.8 Å². The van der Waals surface area contributed by atoms with Gasteiger partial charge in [-0.25, -0.2) is 0 Å². The summed E-state index contributed by atoms with van der Waals surface area (Å²) in [6, 6.07) is 15.1. The lowest BCUT2D eigenvalue weighted by Crippen LogP contribution is -2.30. The molecule has 2 aromatic rings. The summed E-state index contributed by atoms with van der Waals surface area (Å²) in [5, 5.41) is 0.818. The molecule has 0 amide bonds. The van der Waals surface area contributed by atoms with Crippen LogP contribution < -0.4 is 4.74 Å². The molecular weight excluding hydrogens is 318 g/mol. The van der Waals surface area contributed by atoms with E-state index in [1.807, 2.05) is 6.07 Å². The average Bonchev–Trinajstić information content (AvgIpc) is 2.92. The zero-order chi connectivity index (χ0) is 16.7. The van der Waals surface area contributed by atoms with Gasteiger partial charge in [0.2, 0.25) is 0 Å². The smallest absolute Gasteiger partial charge is 0.137 e. The molecular formula is C21H24ClNO. The number of hydrogen-bond acceptors (Lipinski definition) is 2. The van der Waals surface area contributed by atoms with Gasteiger partial charge >= 0.3 is 0 Å². The highest BCUT2D eigenvalue weighted by Crippen LogP contribution is 2.52. The molecule has 1 fully saturated rings. The van der Waals surface area contributed by atoms with Crippen molar-refractivity contribution in [3.05, 3.63) is 64.2 Å². The molecule has 0 radical (unpaired) electrons. The van der Waals surface area contributed by atoms with Crippen molar-refractivity contribution in [1.29, 1.82) is 0 Å². The van der Waals surface area contributed by atoms with Crippen LogP contribution in [0.5, 0.6) is 5.75 Å². The van der Waals surface area contributed by atoms with Crippen LogP contribution in [0, 0.1) is 5.41 Å². The van der Waals surface area contributed by atoms with Crippen LogP contribution in [0.25, 0.3) is 0 Å². The Morgan fingerprint density at radius 1 is 1.21 bits per heavy atom. The quantitative estimate of drug-likeness (QED) is 0.787. The largest absolute Gasteiger partial charge is 0.495 e. The summed E-state index contributed by atoms with van der Waals surface area (Å²) in [6.07, 6.45) is 2.25. The number of methoxy groups -OCH3 is 1. The monoisotopic (exact) mass is 341 g/mol. The molecule has 24 heavy (non-hydrogen) atoms. The predicted octanol–water partition coefficient (Wildman–Crippen LogP) is 4.90. The number of ether oxygens (including phenoxy) is 1. The Morgan fingerprint density at radius 2 is 2.00 bits per heavy atom. The first kappa shape index (κ1) is 16.0. The summed E-state index contributed by atoms with van der Waals surface area (Å²) in [6.45, 7) is 5.76. The number of nitrogens with zero attached hydrogens (tertiary/aromatic N) is 1. The van der Waals surface area contributed by atoms with Crippen molar-refractivity contribution in [3.8, 4) is 5.75 Å². The van der Waals surface area contributed by atoms with E-state index in [1.165, 1.54) is 23.1 Å². The summed E-state index contributed by atoms with van der Waals surface area (Å²) >= 11 is 6.59. The molecule has 0 bridgehead atoms. The molecule has 2 aromatic carbocycles. The fourth-order valence-corrected chi connectivity index (χ4v) is 4.96.